The Morgan fingerprint density at radius 1 is 0.182 bits per heavy atom. The summed E-state index contributed by atoms with van der Waals surface area (Å²) >= 11 is 0. The molecule has 3 aliphatic carbocycles. The fourth-order valence-corrected chi connectivity index (χ4v) is 20.7. The van der Waals surface area contributed by atoms with Crippen molar-refractivity contribution < 1.29 is 4.42 Å². The highest BCUT2D eigenvalue weighted by atomic mass is 16.3. The zero-order chi connectivity index (χ0) is 73.5. The molecule has 1 nitrogen and oxygen atoms in total. The Labute approximate surface area is 640 Å². The first kappa shape index (κ1) is 64.0. The monoisotopic (exact) mass is 1400 g/mol. The van der Waals surface area contributed by atoms with Crippen molar-refractivity contribution in [1.82, 2.24) is 0 Å². The van der Waals surface area contributed by atoms with Crippen LogP contribution in [0, 0.1) is 0 Å². The van der Waals surface area contributed by atoms with Gasteiger partial charge in [0, 0.05) is 27.0 Å². The maximum Gasteiger partial charge on any atom is 0.136 e. The number of benzene rings is 19. The summed E-state index contributed by atoms with van der Waals surface area (Å²) in [4.78, 5) is 0. The van der Waals surface area contributed by atoms with Gasteiger partial charge >= 0.3 is 0 Å². The summed E-state index contributed by atoms with van der Waals surface area (Å²) in [5.74, 6) is 0. The molecule has 0 saturated heterocycles. The fourth-order valence-electron chi connectivity index (χ4n) is 20.7. The molecule has 23 rings (SSSR count). The van der Waals surface area contributed by atoms with E-state index in [1.54, 1.807) is 0 Å². The average molecular weight is 1400 g/mol. The topological polar surface area (TPSA) is 13.1 Å². The molecule has 0 bridgehead atoms. The van der Waals surface area contributed by atoms with Gasteiger partial charge in [-0.15, -0.1) is 0 Å². The predicted octanol–water partition coefficient (Wildman–Crippen LogP) is 30.3. The normalized spacial score (nSPS) is 13.9. The number of furan rings is 1. The van der Waals surface area contributed by atoms with E-state index in [-0.39, 0.29) is 16.2 Å². The Bertz CT molecular complexity index is 7260. The van der Waals surface area contributed by atoms with Gasteiger partial charge in [0.05, 0.1) is 0 Å². The molecule has 19 aromatic carbocycles. The molecule has 518 valence electrons. The van der Waals surface area contributed by atoms with E-state index in [1.165, 1.54) is 214 Å². The van der Waals surface area contributed by atoms with Crippen LogP contribution in [-0.4, -0.2) is 0 Å². The summed E-state index contributed by atoms with van der Waals surface area (Å²) in [5, 5.41) is 20.2. The average Bonchev–Trinajstić information content (AvgIpc) is 1.55. The van der Waals surface area contributed by atoms with Crippen LogP contribution >= 0.6 is 0 Å². The summed E-state index contributed by atoms with van der Waals surface area (Å²) in [6.45, 7) is 14.4. The maximum atomic E-state index is 6.43. The minimum atomic E-state index is -0.160. The molecule has 0 spiro atoms. The third-order valence-electron chi connectivity index (χ3n) is 25.4. The van der Waals surface area contributed by atoms with Crippen LogP contribution < -0.4 is 0 Å². The SMILES string of the molecule is CC1(C)c2c(-c3cccc(-c4c5ccccc5c(-c5ccc6oc7ccc8ccccc8c7c6c5)c5ccccc45)c3)cccc2-c2ccc3ccccc3c21.CC1(C)c2ccccc2-c2ccc(-c3c4ccccc4c(-c4cccc(-c5cccc6c5C(C)(C)c5c-6ccc6ccccc56)c4)c4ccccc34)cc21. The Morgan fingerprint density at radius 3 is 0.982 bits per heavy atom. The minimum absolute atomic E-state index is 0.0609. The Kier molecular flexibility index (Phi) is 13.9. The van der Waals surface area contributed by atoms with Gasteiger partial charge in [-0.2, -0.15) is 0 Å². The second-order valence-electron chi connectivity index (χ2n) is 32.4. The van der Waals surface area contributed by atoms with E-state index in [1.807, 2.05) is 0 Å². The standard InChI is InChI=1S/C55H36O.C54H40/c1-55(2)53-39-18-6-4-14-34(39)25-28-46(53)45-24-12-23-40(54(45)55)35-15-11-16-36(31-35)50-41-19-7-9-21-43(41)51(44-22-10-8-20-42(44)50)37-27-29-48-47(32-37)52-38-17-5-3-13-33(38)26-30-49(52)56-48;1-53(2)47-26-12-11-19-39(47)40-29-28-36(32-48(40)53)50-43-22-9-7-20-41(43)49(42-21-8-10-23-44(42)50)35-17-13-16-34(31-35)38-24-14-25-45-46-30-27-33-15-5-6-18-37(33)51(46)54(3,4)52(38)45/h3-32H,1-2H3;5-32H,1-4H3. The molecular weight excluding hydrogens is 1330 g/mol. The lowest BCUT2D eigenvalue weighted by Crippen LogP contribution is -2.16. The second-order valence-corrected chi connectivity index (χ2v) is 32.4. The molecule has 0 atom stereocenters. The van der Waals surface area contributed by atoms with E-state index in [9.17, 15) is 0 Å². The fraction of sp³-hybridized carbons (Fsp3) is 0.0826. The molecule has 110 heavy (non-hydrogen) atoms. The lowest BCUT2D eigenvalue weighted by molar-refractivity contribution is 0.660. The molecule has 20 aromatic rings. The number of hydrogen-bond donors (Lipinski definition) is 0. The lowest BCUT2D eigenvalue weighted by atomic mass is 9.77. The molecule has 1 heterocycles. The first-order chi connectivity index (χ1) is 53.9. The summed E-state index contributed by atoms with van der Waals surface area (Å²) in [7, 11) is 0. The molecule has 0 saturated carbocycles. The zero-order valence-electron chi connectivity index (χ0n) is 62.4. The van der Waals surface area contributed by atoms with Crippen molar-refractivity contribution in [1.29, 1.82) is 0 Å². The molecule has 0 radical (unpaired) electrons. The van der Waals surface area contributed by atoms with Crippen LogP contribution in [0.15, 0.2) is 356 Å². The molecule has 0 aliphatic heterocycles. The van der Waals surface area contributed by atoms with Gasteiger partial charge in [0.1, 0.15) is 11.2 Å². The van der Waals surface area contributed by atoms with Crippen LogP contribution in [0.2, 0.25) is 0 Å². The first-order valence-corrected chi connectivity index (χ1v) is 38.9. The first-order valence-electron chi connectivity index (χ1n) is 38.9. The van der Waals surface area contributed by atoms with Crippen molar-refractivity contribution in [3.8, 4) is 100 Å². The summed E-state index contributed by atoms with van der Waals surface area (Å²) in [6, 6.07) is 131. The Balaban J connectivity index is 0.000000136. The maximum absolute atomic E-state index is 6.43. The van der Waals surface area contributed by atoms with E-state index in [2.05, 4.69) is 393 Å². The van der Waals surface area contributed by atoms with Crippen LogP contribution in [-0.2, 0) is 16.2 Å². The molecule has 0 N–H and O–H groups in total. The number of fused-ring (bicyclic) bond motifs is 22. The van der Waals surface area contributed by atoms with Gasteiger partial charge in [-0.3, -0.25) is 0 Å². The van der Waals surface area contributed by atoms with Crippen LogP contribution in [0.4, 0.5) is 0 Å². The van der Waals surface area contributed by atoms with Crippen molar-refractivity contribution in [3.05, 3.63) is 385 Å². The zero-order valence-corrected chi connectivity index (χ0v) is 62.4. The van der Waals surface area contributed by atoms with E-state index >= 15 is 0 Å². The number of hydrogen-bond acceptors (Lipinski definition) is 1. The molecule has 1 heteroatoms. The van der Waals surface area contributed by atoms with Gasteiger partial charge < -0.3 is 4.42 Å². The van der Waals surface area contributed by atoms with Gasteiger partial charge in [0.25, 0.3) is 0 Å². The van der Waals surface area contributed by atoms with E-state index in [4.69, 9.17) is 4.42 Å². The van der Waals surface area contributed by atoms with E-state index in [0.29, 0.717) is 0 Å². The van der Waals surface area contributed by atoms with E-state index < -0.39 is 0 Å². The highest BCUT2D eigenvalue weighted by Crippen LogP contribution is 2.58. The van der Waals surface area contributed by atoms with Crippen molar-refractivity contribution in [2.24, 2.45) is 0 Å². The summed E-state index contributed by atoms with van der Waals surface area (Å²) in [5.41, 5.74) is 33.2. The highest BCUT2D eigenvalue weighted by Gasteiger charge is 2.41. The molecule has 1 aromatic heterocycles. The van der Waals surface area contributed by atoms with Crippen molar-refractivity contribution in [2.45, 2.75) is 57.8 Å². The third-order valence-corrected chi connectivity index (χ3v) is 25.4. The summed E-state index contributed by atoms with van der Waals surface area (Å²) < 4.78 is 6.43. The molecule has 0 fully saturated rings. The largest absolute Gasteiger partial charge is 0.456 e. The van der Waals surface area contributed by atoms with Gasteiger partial charge in [-0.1, -0.05) is 357 Å². The van der Waals surface area contributed by atoms with Gasteiger partial charge in [-0.25, -0.2) is 0 Å². The smallest absolute Gasteiger partial charge is 0.136 e. The van der Waals surface area contributed by atoms with Crippen LogP contribution in [0.5, 0.6) is 0 Å². The van der Waals surface area contributed by atoms with Crippen LogP contribution in [0.25, 0.3) is 197 Å². The second kappa shape index (κ2) is 23.9. The minimum Gasteiger partial charge on any atom is -0.456 e. The van der Waals surface area contributed by atoms with Gasteiger partial charge in [-0.05, 0) is 245 Å². The van der Waals surface area contributed by atoms with E-state index in [0.717, 1.165) is 16.6 Å². The molecule has 0 unspecified atom stereocenters. The Hall–Kier alpha value is -13.2. The Morgan fingerprint density at radius 2 is 0.500 bits per heavy atom. The van der Waals surface area contributed by atoms with Gasteiger partial charge in [0.2, 0.25) is 0 Å². The molecule has 0 amide bonds. The quantitative estimate of drug-likeness (QED) is 0.151. The van der Waals surface area contributed by atoms with Crippen molar-refractivity contribution in [3.63, 3.8) is 0 Å². The third kappa shape index (κ3) is 9.28. The predicted molar refractivity (Wildman–Crippen MR) is 468 cm³/mol. The molecule has 3 aliphatic rings. The van der Waals surface area contributed by atoms with Crippen LogP contribution in [0.1, 0.15) is 74.9 Å². The van der Waals surface area contributed by atoms with Crippen molar-refractivity contribution >= 4 is 97.3 Å². The van der Waals surface area contributed by atoms with Gasteiger partial charge in [0.15, 0.2) is 0 Å². The summed E-state index contributed by atoms with van der Waals surface area (Å²) in [6.07, 6.45) is 0. The number of rotatable bonds is 6. The molecular formula is C109H76O. The highest BCUT2D eigenvalue weighted by molar-refractivity contribution is 6.25. The van der Waals surface area contributed by atoms with Crippen LogP contribution in [0.3, 0.4) is 0 Å². The lowest BCUT2D eigenvalue weighted by Gasteiger charge is -2.26. The van der Waals surface area contributed by atoms with Crippen molar-refractivity contribution in [2.75, 3.05) is 0 Å².